The van der Waals surface area contributed by atoms with Crippen LogP contribution in [-0.4, -0.2) is 12.1 Å². The summed E-state index contributed by atoms with van der Waals surface area (Å²) in [6.45, 7) is 5.04. The maximum atomic E-state index is 5.27. The van der Waals surface area contributed by atoms with Crippen molar-refractivity contribution in [1.29, 1.82) is 0 Å². The third-order valence-electron chi connectivity index (χ3n) is 3.26. The SMILES string of the molecule is COc1ccc(CN[C@@H](C)c2cccnc2)cc1C. The summed E-state index contributed by atoms with van der Waals surface area (Å²) in [5.41, 5.74) is 3.62. The molecule has 1 aromatic carbocycles. The number of pyridine rings is 1. The first-order valence-electron chi connectivity index (χ1n) is 6.47. The zero-order chi connectivity index (χ0) is 13.7. The molecule has 0 amide bonds. The summed E-state index contributed by atoms with van der Waals surface area (Å²) in [6, 6.07) is 10.6. The van der Waals surface area contributed by atoms with E-state index < -0.39 is 0 Å². The molecule has 0 aliphatic heterocycles. The van der Waals surface area contributed by atoms with Crippen LogP contribution in [0, 0.1) is 6.92 Å². The van der Waals surface area contributed by atoms with Crippen LogP contribution >= 0.6 is 0 Å². The highest BCUT2D eigenvalue weighted by Gasteiger charge is 2.05. The third kappa shape index (κ3) is 3.55. The van der Waals surface area contributed by atoms with Crippen molar-refractivity contribution >= 4 is 0 Å². The van der Waals surface area contributed by atoms with Crippen LogP contribution in [0.1, 0.15) is 29.7 Å². The van der Waals surface area contributed by atoms with Gasteiger partial charge in [0.25, 0.3) is 0 Å². The normalized spacial score (nSPS) is 12.2. The van der Waals surface area contributed by atoms with Gasteiger partial charge in [0.15, 0.2) is 0 Å². The standard InChI is InChI=1S/C16H20N2O/c1-12-9-14(6-7-16(12)19-3)10-18-13(2)15-5-4-8-17-11-15/h4-9,11,13,18H,10H2,1-3H3/t13-/m0/s1. The maximum Gasteiger partial charge on any atom is 0.121 e. The van der Waals surface area contributed by atoms with Crippen molar-refractivity contribution in [2.75, 3.05) is 7.11 Å². The summed E-state index contributed by atoms with van der Waals surface area (Å²) in [4.78, 5) is 4.14. The molecule has 0 saturated carbocycles. The molecule has 1 aromatic heterocycles. The minimum Gasteiger partial charge on any atom is -0.496 e. The first-order valence-corrected chi connectivity index (χ1v) is 6.47. The number of nitrogens with one attached hydrogen (secondary N) is 1. The summed E-state index contributed by atoms with van der Waals surface area (Å²) in [6.07, 6.45) is 3.69. The molecule has 0 unspecified atom stereocenters. The summed E-state index contributed by atoms with van der Waals surface area (Å²) >= 11 is 0. The zero-order valence-corrected chi connectivity index (χ0v) is 11.7. The van der Waals surface area contributed by atoms with Gasteiger partial charge in [0.1, 0.15) is 5.75 Å². The van der Waals surface area contributed by atoms with Crippen molar-refractivity contribution in [1.82, 2.24) is 10.3 Å². The average molecular weight is 256 g/mol. The Kier molecular flexibility index (Phi) is 4.53. The monoisotopic (exact) mass is 256 g/mol. The number of hydrogen-bond donors (Lipinski definition) is 1. The average Bonchev–Trinajstić information content (AvgIpc) is 2.46. The lowest BCUT2D eigenvalue weighted by Crippen LogP contribution is -2.18. The van der Waals surface area contributed by atoms with Crippen LogP contribution in [0.5, 0.6) is 5.75 Å². The molecule has 0 aliphatic rings. The van der Waals surface area contributed by atoms with E-state index in [9.17, 15) is 0 Å². The molecule has 3 heteroatoms. The number of nitrogens with zero attached hydrogens (tertiary/aromatic N) is 1. The van der Waals surface area contributed by atoms with Gasteiger partial charge in [-0.25, -0.2) is 0 Å². The van der Waals surface area contributed by atoms with Crippen LogP contribution in [0.2, 0.25) is 0 Å². The van der Waals surface area contributed by atoms with Gasteiger partial charge in [-0.3, -0.25) is 4.98 Å². The number of hydrogen-bond acceptors (Lipinski definition) is 3. The van der Waals surface area contributed by atoms with E-state index in [2.05, 4.69) is 42.3 Å². The molecular weight excluding hydrogens is 236 g/mol. The fourth-order valence-electron chi connectivity index (χ4n) is 2.07. The predicted molar refractivity (Wildman–Crippen MR) is 77.2 cm³/mol. The number of methoxy groups -OCH3 is 1. The highest BCUT2D eigenvalue weighted by atomic mass is 16.5. The van der Waals surface area contributed by atoms with Gasteiger partial charge in [-0.15, -0.1) is 0 Å². The molecule has 2 aromatic rings. The summed E-state index contributed by atoms with van der Waals surface area (Å²) < 4.78 is 5.27. The quantitative estimate of drug-likeness (QED) is 0.891. The fourth-order valence-corrected chi connectivity index (χ4v) is 2.07. The van der Waals surface area contributed by atoms with Gasteiger partial charge in [0, 0.05) is 25.0 Å². The molecule has 0 bridgehead atoms. The molecule has 1 heterocycles. The van der Waals surface area contributed by atoms with E-state index in [0.29, 0.717) is 0 Å². The van der Waals surface area contributed by atoms with E-state index in [1.807, 2.05) is 18.3 Å². The largest absolute Gasteiger partial charge is 0.496 e. The van der Waals surface area contributed by atoms with Crippen LogP contribution in [0.15, 0.2) is 42.7 Å². The van der Waals surface area contributed by atoms with E-state index >= 15 is 0 Å². The van der Waals surface area contributed by atoms with Gasteiger partial charge < -0.3 is 10.1 Å². The van der Waals surface area contributed by atoms with Crippen LogP contribution in [-0.2, 0) is 6.54 Å². The van der Waals surface area contributed by atoms with Crippen molar-refractivity contribution in [3.63, 3.8) is 0 Å². The Hall–Kier alpha value is -1.87. The predicted octanol–water partition coefficient (Wildman–Crippen LogP) is 3.25. The molecule has 0 fully saturated rings. The van der Waals surface area contributed by atoms with Crippen molar-refractivity contribution < 1.29 is 4.74 Å². The van der Waals surface area contributed by atoms with Crippen LogP contribution in [0.4, 0.5) is 0 Å². The molecule has 0 aliphatic carbocycles. The highest BCUT2D eigenvalue weighted by molar-refractivity contribution is 5.36. The lowest BCUT2D eigenvalue weighted by atomic mass is 10.1. The van der Waals surface area contributed by atoms with Crippen LogP contribution < -0.4 is 10.1 Å². The van der Waals surface area contributed by atoms with E-state index in [1.165, 1.54) is 11.1 Å². The fraction of sp³-hybridized carbons (Fsp3) is 0.312. The Labute approximate surface area is 114 Å². The van der Waals surface area contributed by atoms with E-state index in [-0.39, 0.29) is 6.04 Å². The topological polar surface area (TPSA) is 34.1 Å². The van der Waals surface area contributed by atoms with E-state index in [1.54, 1.807) is 13.3 Å². The summed E-state index contributed by atoms with van der Waals surface area (Å²) in [7, 11) is 1.70. The molecule has 0 spiro atoms. The number of ether oxygens (including phenoxy) is 1. The number of aryl methyl sites for hydroxylation is 1. The van der Waals surface area contributed by atoms with Gasteiger partial charge in [0.2, 0.25) is 0 Å². The maximum absolute atomic E-state index is 5.27. The summed E-state index contributed by atoms with van der Waals surface area (Å²) in [5.74, 6) is 0.934. The second-order valence-electron chi connectivity index (χ2n) is 4.69. The van der Waals surface area contributed by atoms with Crippen molar-refractivity contribution in [2.24, 2.45) is 0 Å². The smallest absolute Gasteiger partial charge is 0.121 e. The van der Waals surface area contributed by atoms with Crippen molar-refractivity contribution in [3.8, 4) is 5.75 Å². The van der Waals surface area contributed by atoms with E-state index in [0.717, 1.165) is 17.9 Å². The molecule has 3 nitrogen and oxygen atoms in total. The van der Waals surface area contributed by atoms with Gasteiger partial charge >= 0.3 is 0 Å². The number of aromatic nitrogens is 1. The molecular formula is C16H20N2O. The van der Waals surface area contributed by atoms with Crippen molar-refractivity contribution in [3.05, 3.63) is 59.4 Å². The van der Waals surface area contributed by atoms with Gasteiger partial charge in [0.05, 0.1) is 7.11 Å². The first kappa shape index (κ1) is 13.6. The van der Waals surface area contributed by atoms with Crippen molar-refractivity contribution in [2.45, 2.75) is 26.4 Å². The van der Waals surface area contributed by atoms with Crippen LogP contribution in [0.25, 0.3) is 0 Å². The lowest BCUT2D eigenvalue weighted by molar-refractivity contribution is 0.411. The Morgan fingerprint density at radius 1 is 1.32 bits per heavy atom. The molecule has 0 saturated heterocycles. The van der Waals surface area contributed by atoms with Crippen LogP contribution in [0.3, 0.4) is 0 Å². The zero-order valence-electron chi connectivity index (χ0n) is 11.7. The van der Waals surface area contributed by atoms with Gasteiger partial charge in [-0.05, 0) is 42.7 Å². The highest BCUT2D eigenvalue weighted by Crippen LogP contribution is 2.19. The molecule has 2 rings (SSSR count). The first-order chi connectivity index (χ1) is 9.20. The van der Waals surface area contributed by atoms with E-state index in [4.69, 9.17) is 4.74 Å². The molecule has 100 valence electrons. The minimum absolute atomic E-state index is 0.288. The van der Waals surface area contributed by atoms with Gasteiger partial charge in [-0.2, -0.15) is 0 Å². The Morgan fingerprint density at radius 2 is 2.16 bits per heavy atom. The Bertz CT molecular complexity index is 526. The lowest BCUT2D eigenvalue weighted by Gasteiger charge is -2.14. The third-order valence-corrected chi connectivity index (χ3v) is 3.26. The second kappa shape index (κ2) is 6.34. The number of benzene rings is 1. The Balaban J connectivity index is 1.97. The van der Waals surface area contributed by atoms with Gasteiger partial charge in [-0.1, -0.05) is 18.2 Å². The summed E-state index contributed by atoms with van der Waals surface area (Å²) in [5, 5.41) is 3.50. The number of rotatable bonds is 5. The Morgan fingerprint density at radius 3 is 2.79 bits per heavy atom. The minimum atomic E-state index is 0.288. The second-order valence-corrected chi connectivity index (χ2v) is 4.69. The molecule has 1 N–H and O–H groups in total. The molecule has 1 atom stereocenters. The molecule has 0 radical (unpaired) electrons. The molecule has 19 heavy (non-hydrogen) atoms.